The molecule has 0 aromatic heterocycles. The molecule has 0 unspecified atom stereocenters. The van der Waals surface area contributed by atoms with Gasteiger partial charge in [0.25, 0.3) is 5.91 Å². The maximum Gasteiger partial charge on any atom is 0.260 e. The summed E-state index contributed by atoms with van der Waals surface area (Å²) in [6.45, 7) is 10.5. The van der Waals surface area contributed by atoms with Crippen LogP contribution in [-0.2, 0) is 9.59 Å². The number of hydrogen-bond donors (Lipinski definition) is 0. The first-order valence-corrected chi connectivity index (χ1v) is 8.65. The Kier molecular flexibility index (Phi) is 6.23. The Morgan fingerprint density at radius 2 is 1.75 bits per heavy atom. The van der Waals surface area contributed by atoms with Crippen LogP contribution < -0.4 is 4.74 Å². The first-order chi connectivity index (χ1) is 11.4. The Balaban J connectivity index is 1.87. The van der Waals surface area contributed by atoms with Gasteiger partial charge < -0.3 is 14.5 Å². The highest BCUT2D eigenvalue weighted by Gasteiger charge is 2.23. The minimum Gasteiger partial charge on any atom is -0.484 e. The number of ether oxygens (including phenoxy) is 1. The quantitative estimate of drug-likeness (QED) is 0.851. The van der Waals surface area contributed by atoms with Gasteiger partial charge in [-0.05, 0) is 31.9 Å². The van der Waals surface area contributed by atoms with Crippen LogP contribution in [0.4, 0.5) is 0 Å². The zero-order valence-corrected chi connectivity index (χ0v) is 15.2. The summed E-state index contributed by atoms with van der Waals surface area (Å²) in [5, 5.41) is 0. The Morgan fingerprint density at radius 1 is 1.08 bits per heavy atom. The first-order valence-electron chi connectivity index (χ1n) is 8.65. The lowest BCUT2D eigenvalue weighted by Gasteiger charge is -2.23. The number of carbonyl (C=O) groups is 2. The molecule has 0 N–H and O–H groups in total. The summed E-state index contributed by atoms with van der Waals surface area (Å²) in [6.07, 6.45) is 0.813. The normalized spacial score (nSPS) is 15.4. The highest BCUT2D eigenvalue weighted by molar-refractivity contribution is 5.79. The van der Waals surface area contributed by atoms with Crippen LogP contribution in [0.15, 0.2) is 18.2 Å². The van der Waals surface area contributed by atoms with Gasteiger partial charge in [0.15, 0.2) is 6.61 Å². The van der Waals surface area contributed by atoms with E-state index in [-0.39, 0.29) is 24.3 Å². The Morgan fingerprint density at radius 3 is 2.42 bits per heavy atom. The molecule has 132 valence electrons. The molecular weight excluding hydrogens is 304 g/mol. The predicted octanol–water partition coefficient (Wildman–Crippen LogP) is 2.40. The van der Waals surface area contributed by atoms with E-state index in [0.717, 1.165) is 24.3 Å². The maximum atomic E-state index is 12.4. The third-order valence-electron chi connectivity index (χ3n) is 4.34. The van der Waals surface area contributed by atoms with E-state index in [1.807, 2.05) is 50.8 Å². The van der Waals surface area contributed by atoms with Crippen molar-refractivity contribution >= 4 is 11.8 Å². The largest absolute Gasteiger partial charge is 0.484 e. The molecule has 2 amide bonds. The molecule has 0 saturated carbocycles. The lowest BCUT2D eigenvalue weighted by Crippen LogP contribution is -2.40. The van der Waals surface area contributed by atoms with E-state index in [4.69, 9.17) is 4.74 Å². The molecule has 1 saturated heterocycles. The van der Waals surface area contributed by atoms with Gasteiger partial charge in [-0.2, -0.15) is 0 Å². The molecule has 0 radical (unpaired) electrons. The minimum atomic E-state index is -0.0196. The van der Waals surface area contributed by atoms with Gasteiger partial charge in [-0.1, -0.05) is 31.5 Å². The van der Waals surface area contributed by atoms with Crippen LogP contribution >= 0.6 is 0 Å². The molecule has 1 aliphatic heterocycles. The summed E-state index contributed by atoms with van der Waals surface area (Å²) >= 11 is 0. The average molecular weight is 332 g/mol. The smallest absolute Gasteiger partial charge is 0.260 e. The van der Waals surface area contributed by atoms with Crippen molar-refractivity contribution in [3.8, 4) is 5.75 Å². The fourth-order valence-corrected chi connectivity index (χ4v) is 2.94. The first kappa shape index (κ1) is 18.3. The molecular formula is C19H28N2O3. The lowest BCUT2D eigenvalue weighted by molar-refractivity contribution is -0.136. The molecule has 1 aromatic carbocycles. The topological polar surface area (TPSA) is 49.9 Å². The fourth-order valence-electron chi connectivity index (χ4n) is 2.94. The summed E-state index contributed by atoms with van der Waals surface area (Å²) in [5.74, 6) is 0.894. The van der Waals surface area contributed by atoms with Crippen molar-refractivity contribution in [2.75, 3.05) is 32.8 Å². The van der Waals surface area contributed by atoms with Crippen molar-refractivity contribution in [2.45, 2.75) is 34.1 Å². The molecule has 0 atom stereocenters. The van der Waals surface area contributed by atoms with Gasteiger partial charge in [0, 0.05) is 32.1 Å². The van der Waals surface area contributed by atoms with E-state index in [0.29, 0.717) is 19.6 Å². The summed E-state index contributed by atoms with van der Waals surface area (Å²) in [5.41, 5.74) is 2.21. The second-order valence-corrected chi connectivity index (χ2v) is 6.77. The van der Waals surface area contributed by atoms with Crippen LogP contribution in [0.5, 0.6) is 5.75 Å². The maximum absolute atomic E-state index is 12.4. The summed E-state index contributed by atoms with van der Waals surface area (Å²) in [6, 6.07) is 5.93. The summed E-state index contributed by atoms with van der Waals surface area (Å²) in [4.78, 5) is 28.2. The second-order valence-electron chi connectivity index (χ2n) is 6.77. The molecule has 0 bridgehead atoms. The zero-order chi connectivity index (χ0) is 17.7. The number of hydrogen-bond acceptors (Lipinski definition) is 3. The fraction of sp³-hybridized carbons (Fsp3) is 0.579. The number of rotatable bonds is 4. The molecule has 2 rings (SSSR count). The second kappa shape index (κ2) is 8.18. The van der Waals surface area contributed by atoms with E-state index in [2.05, 4.69) is 0 Å². The summed E-state index contributed by atoms with van der Waals surface area (Å²) in [7, 11) is 0. The lowest BCUT2D eigenvalue weighted by atomic mass is 10.1. The third kappa shape index (κ3) is 4.73. The molecule has 24 heavy (non-hydrogen) atoms. The molecule has 5 nitrogen and oxygen atoms in total. The van der Waals surface area contributed by atoms with Crippen molar-refractivity contribution in [2.24, 2.45) is 5.92 Å². The highest BCUT2D eigenvalue weighted by Crippen LogP contribution is 2.18. The van der Waals surface area contributed by atoms with Crippen LogP contribution in [0.2, 0.25) is 0 Å². The van der Waals surface area contributed by atoms with Gasteiger partial charge in [0.2, 0.25) is 5.91 Å². The van der Waals surface area contributed by atoms with Gasteiger partial charge in [-0.3, -0.25) is 9.59 Å². The van der Waals surface area contributed by atoms with Crippen LogP contribution in [0.3, 0.4) is 0 Å². The minimum absolute atomic E-state index is 0.0000902. The van der Waals surface area contributed by atoms with E-state index >= 15 is 0 Å². The Hall–Kier alpha value is -2.04. The van der Waals surface area contributed by atoms with Crippen molar-refractivity contribution in [3.63, 3.8) is 0 Å². The molecule has 1 aliphatic rings. The molecule has 1 fully saturated rings. The SMILES string of the molecule is Cc1ccc(OCC(=O)N2CCCN(C(=O)C(C)C)CC2)c(C)c1. The third-order valence-corrected chi connectivity index (χ3v) is 4.34. The van der Waals surface area contributed by atoms with Gasteiger partial charge in [-0.15, -0.1) is 0 Å². The molecule has 5 heteroatoms. The van der Waals surface area contributed by atoms with Crippen LogP contribution in [-0.4, -0.2) is 54.4 Å². The molecule has 0 aliphatic carbocycles. The van der Waals surface area contributed by atoms with Crippen molar-refractivity contribution in [3.05, 3.63) is 29.3 Å². The Labute approximate surface area is 144 Å². The van der Waals surface area contributed by atoms with Gasteiger partial charge in [0.1, 0.15) is 5.75 Å². The van der Waals surface area contributed by atoms with Crippen molar-refractivity contribution in [1.82, 2.24) is 9.80 Å². The number of carbonyl (C=O) groups excluding carboxylic acids is 2. The van der Waals surface area contributed by atoms with E-state index < -0.39 is 0 Å². The van der Waals surface area contributed by atoms with Crippen LogP contribution in [0.1, 0.15) is 31.4 Å². The van der Waals surface area contributed by atoms with Gasteiger partial charge in [0.05, 0.1) is 0 Å². The summed E-state index contributed by atoms with van der Waals surface area (Å²) < 4.78 is 5.69. The molecule has 1 heterocycles. The average Bonchev–Trinajstić information content (AvgIpc) is 2.79. The molecule has 1 aromatic rings. The van der Waals surface area contributed by atoms with E-state index in [1.54, 1.807) is 4.90 Å². The molecule has 0 spiro atoms. The van der Waals surface area contributed by atoms with E-state index in [1.165, 1.54) is 5.56 Å². The van der Waals surface area contributed by atoms with Crippen LogP contribution in [0, 0.1) is 19.8 Å². The number of nitrogens with zero attached hydrogens (tertiary/aromatic N) is 2. The number of aryl methyl sites for hydroxylation is 2. The van der Waals surface area contributed by atoms with Crippen LogP contribution in [0.25, 0.3) is 0 Å². The zero-order valence-electron chi connectivity index (χ0n) is 15.2. The Bertz CT molecular complexity index is 598. The van der Waals surface area contributed by atoms with Gasteiger partial charge in [-0.25, -0.2) is 0 Å². The van der Waals surface area contributed by atoms with Crippen molar-refractivity contribution < 1.29 is 14.3 Å². The number of benzene rings is 1. The van der Waals surface area contributed by atoms with Gasteiger partial charge >= 0.3 is 0 Å². The van der Waals surface area contributed by atoms with Crippen molar-refractivity contribution in [1.29, 1.82) is 0 Å². The predicted molar refractivity (Wildman–Crippen MR) is 94.0 cm³/mol. The van der Waals surface area contributed by atoms with E-state index in [9.17, 15) is 9.59 Å². The monoisotopic (exact) mass is 332 g/mol. The highest BCUT2D eigenvalue weighted by atomic mass is 16.5. The standard InChI is InChI=1S/C19H28N2O3/c1-14(2)19(23)21-9-5-8-20(10-11-21)18(22)13-24-17-7-6-15(3)12-16(17)4/h6-7,12,14H,5,8-11,13H2,1-4H3. The number of amides is 2.